The maximum Gasteiger partial charge on any atom is 0.252 e. The van der Waals surface area contributed by atoms with Crippen molar-refractivity contribution in [1.82, 2.24) is 10.3 Å². The van der Waals surface area contributed by atoms with E-state index in [2.05, 4.69) is 10.3 Å². The Labute approximate surface area is 124 Å². The van der Waals surface area contributed by atoms with Crippen LogP contribution in [0.2, 0.25) is 0 Å². The summed E-state index contributed by atoms with van der Waals surface area (Å²) in [6.45, 7) is 4.21. The van der Waals surface area contributed by atoms with Crippen LogP contribution < -0.4 is 5.32 Å². The molecule has 2 heterocycles. The third-order valence-corrected chi connectivity index (χ3v) is 3.48. The fourth-order valence-corrected chi connectivity index (χ4v) is 2.02. The standard InChI is InChI=1S/C16H20N2O3/c1-11-6-14(9-17-12(11)2)16(20)18-8-13(10-19)7-15-4-3-5-21-15/h3-6,9,13,19H,7-8,10H2,1-2H3,(H,18,20)/t13-/m1/s1. The van der Waals surface area contributed by atoms with E-state index in [0.717, 1.165) is 17.0 Å². The Kier molecular flexibility index (Phi) is 5.11. The number of hydrogen-bond acceptors (Lipinski definition) is 4. The van der Waals surface area contributed by atoms with Gasteiger partial charge in [-0.3, -0.25) is 9.78 Å². The zero-order valence-electron chi connectivity index (χ0n) is 12.3. The van der Waals surface area contributed by atoms with Crippen molar-refractivity contribution >= 4 is 5.91 Å². The Morgan fingerprint density at radius 1 is 1.48 bits per heavy atom. The van der Waals surface area contributed by atoms with Gasteiger partial charge in [0.05, 0.1) is 11.8 Å². The Bertz CT molecular complexity index is 594. The molecule has 2 rings (SSSR count). The van der Waals surface area contributed by atoms with Crippen molar-refractivity contribution in [3.05, 3.63) is 53.2 Å². The second kappa shape index (κ2) is 7.04. The summed E-state index contributed by atoms with van der Waals surface area (Å²) in [5, 5.41) is 12.2. The summed E-state index contributed by atoms with van der Waals surface area (Å²) in [6, 6.07) is 5.49. The molecule has 0 saturated heterocycles. The molecule has 1 amide bonds. The Morgan fingerprint density at radius 2 is 2.29 bits per heavy atom. The number of carbonyl (C=O) groups is 1. The number of carbonyl (C=O) groups excluding carboxylic acids is 1. The highest BCUT2D eigenvalue weighted by molar-refractivity contribution is 5.94. The molecule has 5 heteroatoms. The second-order valence-electron chi connectivity index (χ2n) is 5.17. The Balaban J connectivity index is 1.91. The van der Waals surface area contributed by atoms with Crippen LogP contribution >= 0.6 is 0 Å². The van der Waals surface area contributed by atoms with Gasteiger partial charge in [0.15, 0.2) is 0 Å². The minimum absolute atomic E-state index is 0.00778. The summed E-state index contributed by atoms with van der Waals surface area (Å²) in [5.41, 5.74) is 2.43. The number of amides is 1. The molecule has 21 heavy (non-hydrogen) atoms. The van der Waals surface area contributed by atoms with Gasteiger partial charge in [-0.2, -0.15) is 0 Å². The van der Waals surface area contributed by atoms with Crippen molar-refractivity contribution in [2.24, 2.45) is 5.92 Å². The van der Waals surface area contributed by atoms with Gasteiger partial charge < -0.3 is 14.8 Å². The smallest absolute Gasteiger partial charge is 0.252 e. The highest BCUT2D eigenvalue weighted by atomic mass is 16.3. The van der Waals surface area contributed by atoms with Crippen molar-refractivity contribution in [3.63, 3.8) is 0 Å². The van der Waals surface area contributed by atoms with E-state index < -0.39 is 0 Å². The molecule has 0 bridgehead atoms. The van der Waals surface area contributed by atoms with Crippen LogP contribution in [0.1, 0.15) is 27.4 Å². The fraction of sp³-hybridized carbons (Fsp3) is 0.375. The molecule has 1 atom stereocenters. The van der Waals surface area contributed by atoms with Crippen LogP contribution in [0.3, 0.4) is 0 Å². The van der Waals surface area contributed by atoms with Gasteiger partial charge in [0, 0.05) is 37.4 Å². The molecule has 0 aliphatic heterocycles. The van der Waals surface area contributed by atoms with Crippen molar-refractivity contribution in [2.45, 2.75) is 20.3 Å². The summed E-state index contributed by atoms with van der Waals surface area (Å²) < 4.78 is 5.25. The van der Waals surface area contributed by atoms with Gasteiger partial charge in [0.25, 0.3) is 5.91 Å². The van der Waals surface area contributed by atoms with Gasteiger partial charge in [0.1, 0.15) is 5.76 Å². The monoisotopic (exact) mass is 288 g/mol. The SMILES string of the molecule is Cc1cc(C(=O)NC[C@H](CO)Cc2ccco2)cnc1C. The van der Waals surface area contributed by atoms with Crippen molar-refractivity contribution in [2.75, 3.05) is 13.2 Å². The first-order valence-corrected chi connectivity index (χ1v) is 6.95. The molecule has 2 aromatic rings. The number of rotatable bonds is 6. The van der Waals surface area contributed by atoms with E-state index in [1.54, 1.807) is 12.5 Å². The molecule has 0 aliphatic rings. The molecule has 0 fully saturated rings. The topological polar surface area (TPSA) is 75.4 Å². The van der Waals surface area contributed by atoms with E-state index >= 15 is 0 Å². The number of furan rings is 1. The first-order valence-electron chi connectivity index (χ1n) is 6.95. The maximum absolute atomic E-state index is 12.1. The number of aliphatic hydroxyl groups excluding tert-OH is 1. The summed E-state index contributed by atoms with van der Waals surface area (Å²) >= 11 is 0. The Hall–Kier alpha value is -2.14. The highest BCUT2D eigenvalue weighted by Crippen LogP contribution is 2.10. The molecule has 0 radical (unpaired) electrons. The van der Waals surface area contributed by atoms with Gasteiger partial charge >= 0.3 is 0 Å². The zero-order valence-corrected chi connectivity index (χ0v) is 12.3. The number of nitrogens with one attached hydrogen (secondary N) is 1. The van der Waals surface area contributed by atoms with Crippen LogP contribution in [0.25, 0.3) is 0 Å². The molecule has 0 unspecified atom stereocenters. The van der Waals surface area contributed by atoms with Crippen LogP contribution in [0.4, 0.5) is 0 Å². The lowest BCUT2D eigenvalue weighted by atomic mass is 10.0. The maximum atomic E-state index is 12.1. The summed E-state index contributed by atoms with van der Waals surface area (Å²) in [5.74, 6) is 0.555. The predicted molar refractivity (Wildman–Crippen MR) is 79.0 cm³/mol. The lowest BCUT2D eigenvalue weighted by Gasteiger charge is -2.14. The third kappa shape index (κ3) is 4.16. The highest BCUT2D eigenvalue weighted by Gasteiger charge is 2.13. The third-order valence-electron chi connectivity index (χ3n) is 3.48. The van der Waals surface area contributed by atoms with Gasteiger partial charge in [-0.25, -0.2) is 0 Å². The van der Waals surface area contributed by atoms with Gasteiger partial charge in [-0.05, 0) is 37.6 Å². The molecule has 0 aliphatic carbocycles. The summed E-state index contributed by atoms with van der Waals surface area (Å²) in [7, 11) is 0. The van der Waals surface area contributed by atoms with Crippen molar-refractivity contribution in [1.29, 1.82) is 0 Å². The van der Waals surface area contributed by atoms with Crippen LogP contribution in [0.15, 0.2) is 35.1 Å². The molecule has 112 valence electrons. The Morgan fingerprint density at radius 3 is 2.90 bits per heavy atom. The lowest BCUT2D eigenvalue weighted by molar-refractivity contribution is 0.0938. The van der Waals surface area contributed by atoms with Gasteiger partial charge in [0.2, 0.25) is 0 Å². The molecule has 0 saturated carbocycles. The number of pyridine rings is 1. The number of nitrogens with zero attached hydrogens (tertiary/aromatic N) is 1. The molecule has 2 aromatic heterocycles. The number of aryl methyl sites for hydroxylation is 2. The van der Waals surface area contributed by atoms with E-state index in [1.807, 2.05) is 32.0 Å². The number of aromatic nitrogens is 1. The van der Waals surface area contributed by atoms with Gasteiger partial charge in [-0.1, -0.05) is 0 Å². The van der Waals surface area contributed by atoms with Crippen LogP contribution in [0.5, 0.6) is 0 Å². The van der Waals surface area contributed by atoms with Crippen LogP contribution in [0, 0.1) is 19.8 Å². The lowest BCUT2D eigenvalue weighted by Crippen LogP contribution is -2.32. The molecule has 0 aromatic carbocycles. The average molecular weight is 288 g/mol. The van der Waals surface area contributed by atoms with E-state index in [0.29, 0.717) is 18.5 Å². The minimum Gasteiger partial charge on any atom is -0.469 e. The van der Waals surface area contributed by atoms with E-state index in [-0.39, 0.29) is 18.4 Å². The quantitative estimate of drug-likeness (QED) is 0.851. The zero-order chi connectivity index (χ0) is 15.2. The summed E-state index contributed by atoms with van der Waals surface area (Å²) in [4.78, 5) is 16.3. The first kappa shape index (κ1) is 15.3. The van der Waals surface area contributed by atoms with E-state index in [1.165, 1.54) is 0 Å². The first-order chi connectivity index (χ1) is 10.1. The van der Waals surface area contributed by atoms with E-state index in [4.69, 9.17) is 4.42 Å². The molecular weight excluding hydrogens is 268 g/mol. The predicted octanol–water partition coefficient (Wildman–Crippen LogP) is 1.87. The van der Waals surface area contributed by atoms with Crippen molar-refractivity contribution in [3.8, 4) is 0 Å². The van der Waals surface area contributed by atoms with E-state index in [9.17, 15) is 9.90 Å². The van der Waals surface area contributed by atoms with Gasteiger partial charge in [-0.15, -0.1) is 0 Å². The number of hydrogen-bond donors (Lipinski definition) is 2. The molecular formula is C16H20N2O3. The molecule has 5 nitrogen and oxygen atoms in total. The summed E-state index contributed by atoms with van der Waals surface area (Å²) in [6.07, 6.45) is 3.76. The normalized spacial score (nSPS) is 12.1. The largest absolute Gasteiger partial charge is 0.469 e. The molecule has 0 spiro atoms. The minimum atomic E-state index is -0.177. The second-order valence-corrected chi connectivity index (χ2v) is 5.17. The fourth-order valence-electron chi connectivity index (χ4n) is 2.02. The van der Waals surface area contributed by atoms with Crippen LogP contribution in [-0.2, 0) is 6.42 Å². The van der Waals surface area contributed by atoms with Crippen LogP contribution in [-0.4, -0.2) is 29.1 Å². The molecule has 2 N–H and O–H groups in total. The average Bonchev–Trinajstić information content (AvgIpc) is 2.99. The number of aliphatic hydroxyl groups is 1. The van der Waals surface area contributed by atoms with Crippen molar-refractivity contribution < 1.29 is 14.3 Å².